The molecule has 0 radical (unpaired) electrons. The molecule has 1 N–H and O–H groups in total. The van der Waals surface area contributed by atoms with Crippen LogP contribution < -0.4 is 10.1 Å². The van der Waals surface area contributed by atoms with Crippen LogP contribution in [0.5, 0.6) is 5.75 Å². The largest absolute Gasteiger partial charge is 0.494 e. The topological polar surface area (TPSA) is 116 Å². The van der Waals surface area contributed by atoms with Crippen LogP contribution in [0.1, 0.15) is 51.9 Å². The van der Waals surface area contributed by atoms with Crippen molar-refractivity contribution in [2.24, 2.45) is 5.92 Å². The normalized spacial score (nSPS) is 12.8. The summed E-state index contributed by atoms with van der Waals surface area (Å²) in [4.78, 5) is 25.8. The third kappa shape index (κ3) is 5.31. The van der Waals surface area contributed by atoms with Gasteiger partial charge in [-0.3, -0.25) is 20.1 Å². The van der Waals surface area contributed by atoms with Gasteiger partial charge in [-0.15, -0.1) is 10.2 Å². The highest BCUT2D eigenvalue weighted by atomic mass is 32.1. The number of hydrogen-bond donors (Lipinski definition) is 1. The first kappa shape index (κ1) is 24.5. The standard InChI is InChI=1S/C25H20F2N6O3S/c1-12-22(36-13(2)30-12)18-8-15(16-9-19(23(26)27)29-11-20(16)35-3)17(10-28-18)24(34)31-25-33-32-21(37-25)7-6-14-4-5-14/h8-11,14,23H,4-5H2,1-3H3,(H,31,33,34). The molecular formula is C25H20F2N6O3S. The molecule has 1 aliphatic carbocycles. The lowest BCUT2D eigenvalue weighted by atomic mass is 9.98. The van der Waals surface area contributed by atoms with Crippen LogP contribution in [0.2, 0.25) is 0 Å². The summed E-state index contributed by atoms with van der Waals surface area (Å²) < 4.78 is 38.1. The number of anilines is 1. The van der Waals surface area contributed by atoms with E-state index in [-0.39, 0.29) is 27.6 Å². The Labute approximate surface area is 214 Å². The van der Waals surface area contributed by atoms with Gasteiger partial charge in [-0.2, -0.15) is 0 Å². The number of carbonyl (C=O) groups is 1. The van der Waals surface area contributed by atoms with Crippen LogP contribution in [0.3, 0.4) is 0 Å². The monoisotopic (exact) mass is 522 g/mol. The third-order valence-electron chi connectivity index (χ3n) is 5.51. The molecule has 1 amide bonds. The predicted molar refractivity (Wildman–Crippen MR) is 131 cm³/mol. The molecule has 0 spiro atoms. The van der Waals surface area contributed by atoms with E-state index < -0.39 is 18.0 Å². The second kappa shape index (κ2) is 10.0. The summed E-state index contributed by atoms with van der Waals surface area (Å²) in [5.41, 5.74) is 1.13. The van der Waals surface area contributed by atoms with E-state index in [1.54, 1.807) is 19.9 Å². The molecule has 4 heterocycles. The van der Waals surface area contributed by atoms with Gasteiger partial charge in [-0.25, -0.2) is 13.8 Å². The highest BCUT2D eigenvalue weighted by molar-refractivity contribution is 7.15. The Hall–Kier alpha value is -4.24. The van der Waals surface area contributed by atoms with E-state index in [1.165, 1.54) is 25.6 Å². The number of rotatable bonds is 6. The Bertz CT molecular complexity index is 1550. The summed E-state index contributed by atoms with van der Waals surface area (Å²) in [6.45, 7) is 3.46. The number of aromatic nitrogens is 5. The van der Waals surface area contributed by atoms with Crippen LogP contribution >= 0.6 is 11.3 Å². The quantitative estimate of drug-likeness (QED) is 0.343. The van der Waals surface area contributed by atoms with E-state index in [9.17, 15) is 13.6 Å². The fourth-order valence-corrected chi connectivity index (χ4v) is 4.18. The van der Waals surface area contributed by atoms with Gasteiger partial charge in [0.1, 0.15) is 17.1 Å². The van der Waals surface area contributed by atoms with Crippen molar-refractivity contribution in [1.29, 1.82) is 0 Å². The summed E-state index contributed by atoms with van der Waals surface area (Å²) >= 11 is 1.14. The number of aryl methyl sites for hydroxylation is 2. The highest BCUT2D eigenvalue weighted by Crippen LogP contribution is 2.37. The van der Waals surface area contributed by atoms with Crippen molar-refractivity contribution >= 4 is 22.4 Å². The molecule has 0 atom stereocenters. The average molecular weight is 523 g/mol. The van der Waals surface area contributed by atoms with E-state index in [1.807, 2.05) is 0 Å². The number of ether oxygens (including phenoxy) is 1. The second-order valence-corrected chi connectivity index (χ2v) is 9.26. The molecule has 188 valence electrons. The third-order valence-corrected chi connectivity index (χ3v) is 6.27. The van der Waals surface area contributed by atoms with Gasteiger partial charge in [0.2, 0.25) is 5.13 Å². The minimum atomic E-state index is -2.82. The van der Waals surface area contributed by atoms with E-state index >= 15 is 0 Å². The number of oxazole rings is 1. The average Bonchev–Trinajstić information content (AvgIpc) is 3.51. The zero-order valence-corrected chi connectivity index (χ0v) is 20.8. The number of halogens is 2. The molecule has 12 heteroatoms. The molecule has 0 aliphatic heterocycles. The van der Waals surface area contributed by atoms with Crippen LogP contribution in [-0.4, -0.2) is 38.2 Å². The van der Waals surface area contributed by atoms with Crippen LogP contribution in [0.4, 0.5) is 13.9 Å². The van der Waals surface area contributed by atoms with Crippen LogP contribution in [0.25, 0.3) is 22.6 Å². The maximum atomic E-state index is 13.5. The van der Waals surface area contributed by atoms with E-state index in [0.29, 0.717) is 34.0 Å². The summed E-state index contributed by atoms with van der Waals surface area (Å²) in [6.07, 6.45) is 1.88. The van der Waals surface area contributed by atoms with E-state index in [2.05, 4.69) is 42.3 Å². The number of nitrogens with zero attached hydrogens (tertiary/aromatic N) is 5. The molecule has 37 heavy (non-hydrogen) atoms. The Morgan fingerprint density at radius 2 is 2.00 bits per heavy atom. The van der Waals surface area contributed by atoms with Gasteiger partial charge in [0.25, 0.3) is 12.3 Å². The summed E-state index contributed by atoms with van der Waals surface area (Å²) in [6, 6.07) is 2.76. The van der Waals surface area contributed by atoms with Gasteiger partial charge in [0.15, 0.2) is 16.7 Å². The number of nitrogens with one attached hydrogen (secondary N) is 1. The van der Waals surface area contributed by atoms with Crippen molar-refractivity contribution in [1.82, 2.24) is 25.1 Å². The van der Waals surface area contributed by atoms with Crippen molar-refractivity contribution < 1.29 is 22.7 Å². The van der Waals surface area contributed by atoms with Gasteiger partial charge in [-0.1, -0.05) is 17.3 Å². The molecule has 0 bridgehead atoms. The molecular weight excluding hydrogens is 502 g/mol. The van der Waals surface area contributed by atoms with Gasteiger partial charge >= 0.3 is 0 Å². The Kier molecular flexibility index (Phi) is 6.62. The fraction of sp³-hybridized carbons (Fsp3) is 0.280. The van der Waals surface area contributed by atoms with Gasteiger partial charge in [0, 0.05) is 30.2 Å². The zero-order valence-electron chi connectivity index (χ0n) is 20.0. The van der Waals surface area contributed by atoms with Crippen molar-refractivity contribution in [2.45, 2.75) is 33.1 Å². The van der Waals surface area contributed by atoms with E-state index in [0.717, 1.165) is 24.2 Å². The maximum absolute atomic E-state index is 13.5. The lowest BCUT2D eigenvalue weighted by Crippen LogP contribution is -2.14. The Morgan fingerprint density at radius 3 is 2.68 bits per heavy atom. The van der Waals surface area contributed by atoms with Crippen molar-refractivity contribution in [2.75, 3.05) is 12.4 Å². The summed E-state index contributed by atoms with van der Waals surface area (Å²) in [7, 11) is 1.39. The van der Waals surface area contributed by atoms with Crippen molar-refractivity contribution in [3.8, 4) is 40.2 Å². The molecule has 0 saturated heterocycles. The first-order valence-electron chi connectivity index (χ1n) is 11.3. The zero-order chi connectivity index (χ0) is 26.1. The molecule has 1 fully saturated rings. The summed E-state index contributed by atoms with van der Waals surface area (Å²) in [5.74, 6) is 6.94. The lowest BCUT2D eigenvalue weighted by molar-refractivity contribution is 0.102. The number of carbonyl (C=O) groups excluding carboxylic acids is 1. The first-order chi connectivity index (χ1) is 17.8. The molecule has 1 aliphatic rings. The molecule has 9 nitrogen and oxygen atoms in total. The molecule has 0 unspecified atom stereocenters. The summed E-state index contributed by atoms with van der Waals surface area (Å²) in [5, 5.41) is 11.4. The lowest BCUT2D eigenvalue weighted by Gasteiger charge is -2.14. The van der Waals surface area contributed by atoms with Gasteiger partial charge in [-0.05, 0) is 37.8 Å². The molecule has 5 rings (SSSR count). The van der Waals surface area contributed by atoms with Crippen LogP contribution in [0.15, 0.2) is 28.9 Å². The molecule has 4 aromatic rings. The number of pyridine rings is 2. The van der Waals surface area contributed by atoms with Gasteiger partial charge < -0.3 is 9.15 Å². The SMILES string of the molecule is COc1cnc(C(F)F)cc1-c1cc(-c2oc(C)nc2C)ncc1C(=O)Nc1nnc(C#CC2CC2)s1. The van der Waals surface area contributed by atoms with Crippen LogP contribution in [-0.2, 0) is 0 Å². The predicted octanol–water partition coefficient (Wildman–Crippen LogP) is 5.23. The van der Waals surface area contributed by atoms with Crippen LogP contribution in [0, 0.1) is 31.6 Å². The van der Waals surface area contributed by atoms with Crippen molar-refractivity contribution in [3.63, 3.8) is 0 Å². The minimum Gasteiger partial charge on any atom is -0.494 e. The number of amides is 1. The number of alkyl halides is 2. The fourth-order valence-electron chi connectivity index (χ4n) is 3.58. The van der Waals surface area contributed by atoms with Crippen molar-refractivity contribution in [3.05, 3.63) is 52.4 Å². The molecule has 0 aromatic carbocycles. The number of hydrogen-bond acceptors (Lipinski definition) is 9. The maximum Gasteiger partial charge on any atom is 0.280 e. The van der Waals surface area contributed by atoms with Gasteiger partial charge in [0.05, 0.1) is 24.6 Å². The molecule has 1 saturated carbocycles. The Morgan fingerprint density at radius 1 is 1.19 bits per heavy atom. The minimum absolute atomic E-state index is 0.100. The Balaban J connectivity index is 1.57. The number of methoxy groups -OCH3 is 1. The second-order valence-electron chi connectivity index (χ2n) is 8.28. The van der Waals surface area contributed by atoms with E-state index in [4.69, 9.17) is 9.15 Å². The highest BCUT2D eigenvalue weighted by Gasteiger charge is 2.23. The first-order valence-corrected chi connectivity index (χ1v) is 12.1. The smallest absolute Gasteiger partial charge is 0.280 e. The molecule has 4 aromatic heterocycles.